The predicted octanol–water partition coefficient (Wildman–Crippen LogP) is 2.01. The Hall–Kier alpha value is -2.90. The lowest BCUT2D eigenvalue weighted by Gasteiger charge is -2.30. The average Bonchev–Trinajstić information content (AvgIpc) is 2.97. The third-order valence-electron chi connectivity index (χ3n) is 4.16. The minimum absolute atomic E-state index is 0.0896. The summed E-state index contributed by atoms with van der Waals surface area (Å²) < 4.78 is 0. The lowest BCUT2D eigenvalue weighted by molar-refractivity contribution is -0.384. The van der Waals surface area contributed by atoms with Gasteiger partial charge in [-0.3, -0.25) is 19.7 Å². The normalized spacial score (nSPS) is 18.1. The van der Waals surface area contributed by atoms with E-state index in [4.69, 9.17) is 5.11 Å². The van der Waals surface area contributed by atoms with Crippen LogP contribution in [-0.4, -0.2) is 44.9 Å². The summed E-state index contributed by atoms with van der Waals surface area (Å²) in [7, 11) is 0. The number of carboxylic acid groups (broad SMARTS) is 1. The van der Waals surface area contributed by atoms with E-state index in [1.807, 2.05) is 0 Å². The molecule has 0 aliphatic carbocycles. The van der Waals surface area contributed by atoms with Gasteiger partial charge >= 0.3 is 5.97 Å². The zero-order valence-electron chi connectivity index (χ0n) is 12.2. The van der Waals surface area contributed by atoms with Crippen LogP contribution in [0.25, 0.3) is 10.9 Å². The van der Waals surface area contributed by atoms with E-state index < -0.39 is 16.8 Å². The number of H-pyrrole nitrogens is 1. The Bertz CT molecular complexity index is 798. The molecule has 0 bridgehead atoms. The summed E-state index contributed by atoms with van der Waals surface area (Å²) in [5.74, 6) is -1.77. The number of amides is 1. The summed E-state index contributed by atoms with van der Waals surface area (Å²) in [6, 6.07) is 4.28. The van der Waals surface area contributed by atoms with Crippen LogP contribution in [0, 0.1) is 16.0 Å². The third-order valence-corrected chi connectivity index (χ3v) is 4.16. The number of nitro benzene ring substituents is 1. The average molecular weight is 317 g/mol. The van der Waals surface area contributed by atoms with Crippen molar-refractivity contribution in [1.29, 1.82) is 0 Å². The van der Waals surface area contributed by atoms with Gasteiger partial charge in [0.2, 0.25) is 0 Å². The van der Waals surface area contributed by atoms with Crippen LogP contribution in [0.15, 0.2) is 24.4 Å². The van der Waals surface area contributed by atoms with Gasteiger partial charge in [0.25, 0.3) is 11.6 Å². The quantitative estimate of drug-likeness (QED) is 0.663. The van der Waals surface area contributed by atoms with E-state index in [1.54, 1.807) is 6.07 Å². The molecule has 0 unspecified atom stereocenters. The Morgan fingerprint density at radius 1 is 1.39 bits per heavy atom. The number of likely N-dealkylation sites (tertiary alicyclic amines) is 1. The molecule has 0 saturated carbocycles. The van der Waals surface area contributed by atoms with Gasteiger partial charge in [-0.15, -0.1) is 0 Å². The number of carboxylic acids is 1. The number of benzene rings is 1. The van der Waals surface area contributed by atoms with Crippen LogP contribution in [0.5, 0.6) is 0 Å². The summed E-state index contributed by atoms with van der Waals surface area (Å²) in [5.41, 5.74) is 0.869. The first kappa shape index (κ1) is 15.0. The molecule has 3 rings (SSSR count). The molecule has 120 valence electrons. The molecule has 8 heteroatoms. The van der Waals surface area contributed by atoms with Crippen LogP contribution in [-0.2, 0) is 4.79 Å². The number of hydrogen-bond acceptors (Lipinski definition) is 4. The highest BCUT2D eigenvalue weighted by Crippen LogP contribution is 2.26. The zero-order valence-corrected chi connectivity index (χ0v) is 12.2. The largest absolute Gasteiger partial charge is 0.481 e. The number of piperidine rings is 1. The number of aromatic nitrogens is 1. The summed E-state index contributed by atoms with van der Waals surface area (Å²) in [4.78, 5) is 38.6. The first-order chi connectivity index (χ1) is 11.0. The Kier molecular flexibility index (Phi) is 3.73. The van der Waals surface area contributed by atoms with Gasteiger partial charge < -0.3 is 15.0 Å². The molecule has 1 aliphatic rings. The molecule has 1 atom stereocenters. The fourth-order valence-corrected chi connectivity index (χ4v) is 2.93. The second-order valence-corrected chi connectivity index (χ2v) is 5.62. The van der Waals surface area contributed by atoms with Gasteiger partial charge in [0.1, 0.15) is 0 Å². The predicted molar refractivity (Wildman–Crippen MR) is 81.2 cm³/mol. The smallest absolute Gasteiger partial charge is 0.308 e. The number of fused-ring (bicyclic) bond motifs is 1. The van der Waals surface area contributed by atoms with E-state index >= 15 is 0 Å². The standard InChI is InChI=1S/C15H15N3O5/c19-14(17-5-1-2-9(8-17)15(20)21)12-7-16-13-4-3-10(18(22)23)6-11(12)13/h3-4,6-7,9,16H,1-2,5,8H2,(H,20,21)/t9-/m0/s1. The highest BCUT2D eigenvalue weighted by atomic mass is 16.6. The fraction of sp³-hybridized carbons (Fsp3) is 0.333. The van der Waals surface area contributed by atoms with E-state index in [9.17, 15) is 19.7 Å². The third kappa shape index (κ3) is 2.75. The summed E-state index contributed by atoms with van der Waals surface area (Å²) >= 11 is 0. The van der Waals surface area contributed by atoms with Crippen molar-refractivity contribution in [1.82, 2.24) is 9.88 Å². The molecule has 2 heterocycles. The van der Waals surface area contributed by atoms with Crippen LogP contribution in [0.3, 0.4) is 0 Å². The van der Waals surface area contributed by atoms with Gasteiger partial charge in [-0.1, -0.05) is 0 Å². The molecule has 1 amide bonds. The van der Waals surface area contributed by atoms with Gasteiger partial charge in [0.15, 0.2) is 0 Å². The van der Waals surface area contributed by atoms with E-state index in [0.717, 1.165) is 0 Å². The maximum atomic E-state index is 12.7. The minimum Gasteiger partial charge on any atom is -0.481 e. The molecular formula is C15H15N3O5. The second kappa shape index (κ2) is 5.71. The van der Waals surface area contributed by atoms with Crippen molar-refractivity contribution in [3.05, 3.63) is 40.1 Å². The number of nitrogens with one attached hydrogen (secondary N) is 1. The van der Waals surface area contributed by atoms with Crippen molar-refractivity contribution < 1.29 is 19.6 Å². The van der Waals surface area contributed by atoms with Crippen LogP contribution >= 0.6 is 0 Å². The van der Waals surface area contributed by atoms with Gasteiger partial charge in [0.05, 0.1) is 16.4 Å². The van der Waals surface area contributed by atoms with E-state index in [-0.39, 0.29) is 18.1 Å². The van der Waals surface area contributed by atoms with Crippen LogP contribution in [0.1, 0.15) is 23.2 Å². The molecule has 0 radical (unpaired) electrons. The topological polar surface area (TPSA) is 117 Å². The minimum atomic E-state index is -0.905. The second-order valence-electron chi connectivity index (χ2n) is 5.62. The highest BCUT2D eigenvalue weighted by molar-refractivity contribution is 6.07. The van der Waals surface area contributed by atoms with Crippen LogP contribution in [0.2, 0.25) is 0 Å². The molecule has 2 N–H and O–H groups in total. The lowest BCUT2D eigenvalue weighted by Crippen LogP contribution is -2.42. The highest BCUT2D eigenvalue weighted by Gasteiger charge is 2.29. The van der Waals surface area contributed by atoms with E-state index in [2.05, 4.69) is 4.98 Å². The SMILES string of the molecule is O=C(O)[C@H]1CCCN(C(=O)c2c[nH]c3ccc([N+](=O)[O-])cc23)C1. The Morgan fingerprint density at radius 2 is 2.17 bits per heavy atom. The fourth-order valence-electron chi connectivity index (χ4n) is 2.93. The molecule has 23 heavy (non-hydrogen) atoms. The molecule has 0 spiro atoms. The van der Waals surface area contributed by atoms with Crippen molar-refractivity contribution in [2.75, 3.05) is 13.1 Å². The number of aliphatic carboxylic acids is 1. The first-order valence-corrected chi connectivity index (χ1v) is 7.25. The lowest BCUT2D eigenvalue weighted by atomic mass is 9.97. The van der Waals surface area contributed by atoms with E-state index in [1.165, 1.54) is 23.2 Å². The molecule has 1 aromatic carbocycles. The van der Waals surface area contributed by atoms with E-state index in [0.29, 0.717) is 35.9 Å². The Balaban J connectivity index is 1.93. The van der Waals surface area contributed by atoms with Crippen molar-refractivity contribution in [2.24, 2.45) is 5.92 Å². The Labute approximate surface area is 130 Å². The molecule has 8 nitrogen and oxygen atoms in total. The summed E-state index contributed by atoms with van der Waals surface area (Å²) in [6.45, 7) is 0.653. The van der Waals surface area contributed by atoms with Gasteiger partial charge in [-0.25, -0.2) is 0 Å². The maximum Gasteiger partial charge on any atom is 0.308 e. The summed E-state index contributed by atoms with van der Waals surface area (Å²) in [5, 5.41) is 20.5. The van der Waals surface area contributed by atoms with Crippen molar-refractivity contribution in [2.45, 2.75) is 12.8 Å². The molecule has 1 aromatic heterocycles. The van der Waals surface area contributed by atoms with Gasteiger partial charge in [-0.2, -0.15) is 0 Å². The first-order valence-electron chi connectivity index (χ1n) is 7.25. The number of nitrogens with zero attached hydrogens (tertiary/aromatic N) is 2. The molecule has 1 saturated heterocycles. The number of hydrogen-bond donors (Lipinski definition) is 2. The number of rotatable bonds is 3. The van der Waals surface area contributed by atoms with Crippen molar-refractivity contribution in [3.63, 3.8) is 0 Å². The zero-order chi connectivity index (χ0) is 16.6. The van der Waals surface area contributed by atoms with Crippen molar-refractivity contribution in [3.8, 4) is 0 Å². The number of aromatic amines is 1. The van der Waals surface area contributed by atoms with Crippen molar-refractivity contribution >= 4 is 28.5 Å². The number of carbonyl (C=O) groups excluding carboxylic acids is 1. The summed E-state index contributed by atoms with van der Waals surface area (Å²) in [6.07, 6.45) is 2.70. The Morgan fingerprint density at radius 3 is 2.87 bits per heavy atom. The maximum absolute atomic E-state index is 12.7. The molecule has 2 aromatic rings. The van der Waals surface area contributed by atoms with Gasteiger partial charge in [0, 0.05) is 42.3 Å². The molecule has 1 fully saturated rings. The number of non-ortho nitro benzene ring substituents is 1. The molecule has 1 aliphatic heterocycles. The van der Waals surface area contributed by atoms with Gasteiger partial charge in [-0.05, 0) is 18.9 Å². The number of carbonyl (C=O) groups is 2. The number of nitro groups is 1. The van der Waals surface area contributed by atoms with Crippen LogP contribution < -0.4 is 0 Å². The monoisotopic (exact) mass is 317 g/mol. The molecular weight excluding hydrogens is 302 g/mol. The van der Waals surface area contributed by atoms with Crippen LogP contribution in [0.4, 0.5) is 5.69 Å².